The van der Waals surface area contributed by atoms with Gasteiger partial charge in [-0.3, -0.25) is 4.79 Å². The van der Waals surface area contributed by atoms with Crippen LogP contribution in [0.4, 0.5) is 5.69 Å². The molecule has 2 aliphatic rings. The maximum atomic E-state index is 12.1. The third-order valence-corrected chi connectivity index (χ3v) is 5.68. The molecule has 5 nitrogen and oxygen atoms in total. The SMILES string of the molecule is CC[C@H](C(C)=O)C1CN(C2=Nc3ccccc3Oc3ccc(Cl)cc32)CCN1. The van der Waals surface area contributed by atoms with Crippen LogP contribution in [0.5, 0.6) is 11.5 Å². The molecule has 4 rings (SSSR count). The summed E-state index contributed by atoms with van der Waals surface area (Å²) in [6.45, 7) is 6.06. The van der Waals surface area contributed by atoms with Crippen molar-refractivity contribution in [2.45, 2.75) is 26.3 Å². The van der Waals surface area contributed by atoms with Crippen molar-refractivity contribution in [2.75, 3.05) is 19.6 Å². The van der Waals surface area contributed by atoms with Crippen molar-refractivity contribution >= 4 is 28.9 Å². The molecular formula is C22H24ClN3O2. The van der Waals surface area contributed by atoms with Crippen LogP contribution >= 0.6 is 11.6 Å². The number of carbonyl (C=O) groups is 1. The summed E-state index contributed by atoms with van der Waals surface area (Å²) in [5.74, 6) is 2.52. The van der Waals surface area contributed by atoms with Gasteiger partial charge in [0, 0.05) is 36.6 Å². The van der Waals surface area contributed by atoms with Gasteiger partial charge in [-0.1, -0.05) is 30.7 Å². The Hall–Kier alpha value is -2.37. The number of rotatable bonds is 3. The average Bonchev–Trinajstić information content (AvgIpc) is 2.85. The van der Waals surface area contributed by atoms with Crippen LogP contribution in [-0.4, -0.2) is 42.2 Å². The summed E-state index contributed by atoms with van der Waals surface area (Å²) in [6, 6.07) is 13.5. The minimum atomic E-state index is -0.00320. The molecule has 2 atom stereocenters. The van der Waals surface area contributed by atoms with Crippen molar-refractivity contribution in [1.82, 2.24) is 10.2 Å². The summed E-state index contributed by atoms with van der Waals surface area (Å²) in [6.07, 6.45) is 0.821. The van der Waals surface area contributed by atoms with Gasteiger partial charge in [-0.15, -0.1) is 0 Å². The second-order valence-electron chi connectivity index (χ2n) is 7.28. The van der Waals surface area contributed by atoms with Crippen molar-refractivity contribution in [3.63, 3.8) is 0 Å². The Kier molecular flexibility index (Phi) is 5.38. The predicted octanol–water partition coefficient (Wildman–Crippen LogP) is 4.41. The first kappa shape index (κ1) is 19.0. The largest absolute Gasteiger partial charge is 0.454 e. The lowest BCUT2D eigenvalue weighted by Gasteiger charge is -2.38. The first-order valence-electron chi connectivity index (χ1n) is 9.71. The normalized spacial score (nSPS) is 19.6. The van der Waals surface area contributed by atoms with Gasteiger partial charge in [0.25, 0.3) is 0 Å². The Labute approximate surface area is 170 Å². The summed E-state index contributed by atoms with van der Waals surface area (Å²) in [5.41, 5.74) is 1.67. The van der Waals surface area contributed by atoms with Gasteiger partial charge in [0.2, 0.25) is 0 Å². The van der Waals surface area contributed by atoms with E-state index in [0.29, 0.717) is 11.6 Å². The van der Waals surface area contributed by atoms with Crippen LogP contribution in [0.15, 0.2) is 47.5 Å². The summed E-state index contributed by atoms with van der Waals surface area (Å²) < 4.78 is 6.14. The maximum Gasteiger partial charge on any atom is 0.153 e. The minimum absolute atomic E-state index is 0.00320. The Morgan fingerprint density at radius 2 is 2.14 bits per heavy atom. The summed E-state index contributed by atoms with van der Waals surface area (Å²) in [4.78, 5) is 19.3. The van der Waals surface area contributed by atoms with Gasteiger partial charge in [-0.2, -0.15) is 0 Å². The molecule has 0 radical (unpaired) electrons. The first-order chi connectivity index (χ1) is 13.6. The van der Waals surface area contributed by atoms with E-state index in [1.807, 2.05) is 42.5 Å². The van der Waals surface area contributed by atoms with Crippen LogP contribution in [0.1, 0.15) is 25.8 Å². The summed E-state index contributed by atoms with van der Waals surface area (Å²) in [7, 11) is 0. The van der Waals surface area contributed by atoms with E-state index in [2.05, 4.69) is 17.1 Å². The topological polar surface area (TPSA) is 53.9 Å². The number of nitrogens with zero attached hydrogens (tertiary/aromatic N) is 2. The monoisotopic (exact) mass is 397 g/mol. The fraction of sp³-hybridized carbons (Fsp3) is 0.364. The number of carbonyl (C=O) groups excluding carboxylic acids is 1. The molecule has 1 N–H and O–H groups in total. The number of aliphatic imine (C=N–C) groups is 1. The van der Waals surface area contributed by atoms with Crippen molar-refractivity contribution < 1.29 is 9.53 Å². The molecule has 1 unspecified atom stereocenters. The van der Waals surface area contributed by atoms with Crippen molar-refractivity contribution in [3.05, 3.63) is 53.1 Å². The molecule has 1 saturated heterocycles. The molecular weight excluding hydrogens is 374 g/mol. The van der Waals surface area contributed by atoms with Crippen molar-refractivity contribution in [1.29, 1.82) is 0 Å². The first-order valence-corrected chi connectivity index (χ1v) is 10.1. The van der Waals surface area contributed by atoms with Gasteiger partial charge < -0.3 is 15.0 Å². The van der Waals surface area contributed by atoms with Gasteiger partial charge >= 0.3 is 0 Å². The highest BCUT2D eigenvalue weighted by Crippen LogP contribution is 2.39. The van der Waals surface area contributed by atoms with E-state index in [-0.39, 0.29) is 17.7 Å². The average molecular weight is 398 g/mol. The van der Waals surface area contributed by atoms with Gasteiger partial charge in [0.1, 0.15) is 23.1 Å². The van der Waals surface area contributed by atoms with E-state index < -0.39 is 0 Å². The molecule has 0 aromatic heterocycles. The highest BCUT2D eigenvalue weighted by molar-refractivity contribution is 6.31. The Balaban J connectivity index is 1.75. The molecule has 0 bridgehead atoms. The molecule has 28 heavy (non-hydrogen) atoms. The van der Waals surface area contributed by atoms with Crippen molar-refractivity contribution in [3.8, 4) is 11.5 Å². The number of hydrogen-bond acceptors (Lipinski definition) is 5. The Bertz CT molecular complexity index is 928. The number of piperazine rings is 1. The van der Waals surface area contributed by atoms with Gasteiger partial charge in [0.05, 0.1) is 5.56 Å². The van der Waals surface area contributed by atoms with E-state index in [1.165, 1.54) is 0 Å². The second kappa shape index (κ2) is 7.94. The van der Waals surface area contributed by atoms with Crippen LogP contribution in [0.25, 0.3) is 0 Å². The lowest BCUT2D eigenvalue weighted by molar-refractivity contribution is -0.122. The van der Waals surface area contributed by atoms with Crippen molar-refractivity contribution in [2.24, 2.45) is 10.9 Å². The van der Waals surface area contributed by atoms with E-state index in [4.69, 9.17) is 21.3 Å². The van der Waals surface area contributed by atoms with Crippen LogP contribution in [0.3, 0.4) is 0 Å². The molecule has 146 valence electrons. The molecule has 1 fully saturated rings. The van der Waals surface area contributed by atoms with Gasteiger partial charge in [-0.25, -0.2) is 4.99 Å². The van der Waals surface area contributed by atoms with Gasteiger partial charge in [-0.05, 0) is 43.7 Å². The molecule has 2 aliphatic heterocycles. The molecule has 2 aromatic carbocycles. The maximum absolute atomic E-state index is 12.1. The molecule has 0 amide bonds. The Morgan fingerprint density at radius 3 is 2.93 bits per heavy atom. The molecule has 2 aromatic rings. The number of amidine groups is 1. The summed E-state index contributed by atoms with van der Waals surface area (Å²) in [5, 5.41) is 4.16. The zero-order valence-corrected chi connectivity index (χ0v) is 16.9. The number of halogens is 1. The zero-order chi connectivity index (χ0) is 19.7. The number of fused-ring (bicyclic) bond motifs is 2. The van der Waals surface area contributed by atoms with E-state index in [0.717, 1.165) is 48.1 Å². The second-order valence-corrected chi connectivity index (χ2v) is 7.71. The lowest BCUT2D eigenvalue weighted by atomic mass is 9.91. The van der Waals surface area contributed by atoms with Crippen LogP contribution in [0.2, 0.25) is 5.02 Å². The molecule has 0 saturated carbocycles. The van der Waals surface area contributed by atoms with E-state index in [1.54, 1.807) is 6.92 Å². The number of ketones is 1. The highest BCUT2D eigenvalue weighted by Gasteiger charge is 2.32. The quantitative estimate of drug-likeness (QED) is 0.833. The number of hydrogen-bond donors (Lipinski definition) is 1. The van der Waals surface area contributed by atoms with Crippen LogP contribution < -0.4 is 10.1 Å². The van der Waals surface area contributed by atoms with Crippen LogP contribution in [0, 0.1) is 5.92 Å². The molecule has 0 aliphatic carbocycles. The Morgan fingerprint density at radius 1 is 1.32 bits per heavy atom. The number of para-hydroxylation sites is 2. The van der Waals surface area contributed by atoms with E-state index >= 15 is 0 Å². The zero-order valence-electron chi connectivity index (χ0n) is 16.1. The number of ether oxygens (including phenoxy) is 1. The lowest BCUT2D eigenvalue weighted by Crippen LogP contribution is -2.56. The fourth-order valence-corrected chi connectivity index (χ4v) is 4.20. The van der Waals surface area contributed by atoms with Crippen LogP contribution in [-0.2, 0) is 4.79 Å². The standard InChI is InChI=1S/C22H24ClN3O2/c1-3-16(14(2)27)19-13-26(11-10-24-19)22-17-12-15(23)8-9-20(17)28-21-7-5-4-6-18(21)25-22/h4-9,12,16,19,24H,3,10-11,13H2,1-2H3/t16-,19?/m1/s1. The summed E-state index contributed by atoms with van der Waals surface area (Å²) >= 11 is 6.30. The third kappa shape index (κ3) is 3.64. The molecule has 6 heteroatoms. The highest BCUT2D eigenvalue weighted by atomic mass is 35.5. The number of benzene rings is 2. The predicted molar refractivity (Wildman–Crippen MR) is 112 cm³/mol. The molecule has 2 heterocycles. The number of nitrogens with one attached hydrogen (secondary N) is 1. The fourth-order valence-electron chi connectivity index (χ4n) is 4.03. The minimum Gasteiger partial charge on any atom is -0.454 e. The third-order valence-electron chi connectivity index (χ3n) is 5.45. The number of Topliss-reactive ketones (excluding diaryl/α,β-unsaturated/α-hetero) is 1. The smallest absolute Gasteiger partial charge is 0.153 e. The molecule has 0 spiro atoms. The van der Waals surface area contributed by atoms with Gasteiger partial charge in [0.15, 0.2) is 5.75 Å². The van der Waals surface area contributed by atoms with E-state index in [9.17, 15) is 4.79 Å².